The van der Waals surface area contributed by atoms with Gasteiger partial charge in [0.25, 0.3) is 0 Å². The van der Waals surface area contributed by atoms with Crippen molar-refractivity contribution in [3.8, 4) is 0 Å². The molecule has 2 amide bonds. The highest BCUT2D eigenvalue weighted by Crippen LogP contribution is 2.36. The number of hydroxylamine groups is 2. The lowest BCUT2D eigenvalue weighted by atomic mass is 10.0. The van der Waals surface area contributed by atoms with Crippen LogP contribution in [-0.4, -0.2) is 61.7 Å². The molecule has 0 aromatic heterocycles. The van der Waals surface area contributed by atoms with E-state index in [9.17, 15) is 4.79 Å². The van der Waals surface area contributed by atoms with Crippen LogP contribution in [0.5, 0.6) is 0 Å². The van der Waals surface area contributed by atoms with Crippen LogP contribution in [0.15, 0.2) is 28.3 Å². The summed E-state index contributed by atoms with van der Waals surface area (Å²) in [6, 6.07) is 3.00. The zero-order valence-corrected chi connectivity index (χ0v) is 20.1. The normalized spacial score (nSPS) is 17.0. The van der Waals surface area contributed by atoms with E-state index in [1.54, 1.807) is 25.4 Å². The minimum atomic E-state index is -0.376. The van der Waals surface area contributed by atoms with Crippen LogP contribution < -0.4 is 5.32 Å². The number of halogens is 2. The average Bonchev–Trinajstić information content (AvgIpc) is 2.75. The van der Waals surface area contributed by atoms with Crippen LogP contribution in [0.1, 0.15) is 50.8 Å². The van der Waals surface area contributed by atoms with E-state index in [0.29, 0.717) is 33.5 Å². The Kier molecular flexibility index (Phi) is 9.96. The number of amides is 2. The number of nitrogens with zero attached hydrogens (tertiary/aromatic N) is 4. The third kappa shape index (κ3) is 6.53. The second-order valence-corrected chi connectivity index (χ2v) is 8.12. The van der Waals surface area contributed by atoms with Crippen LogP contribution in [0.3, 0.4) is 0 Å². The van der Waals surface area contributed by atoms with Crippen LogP contribution in [0.2, 0.25) is 10.0 Å². The summed E-state index contributed by atoms with van der Waals surface area (Å²) in [5.41, 5.74) is 1.83. The number of rotatable bonds is 8. The van der Waals surface area contributed by atoms with Gasteiger partial charge in [-0.3, -0.25) is 14.8 Å². The molecule has 0 spiro atoms. The first kappa shape index (κ1) is 25.3. The quantitative estimate of drug-likeness (QED) is 0.421. The predicted octanol–water partition coefficient (Wildman–Crippen LogP) is 5.20. The Morgan fingerprint density at radius 1 is 1.39 bits per heavy atom. The molecule has 0 saturated carbocycles. The molecule has 1 atom stereocenters. The second kappa shape index (κ2) is 12.2. The number of carbonyl (C=O) groups is 1. The molecule has 31 heavy (non-hydrogen) atoms. The van der Waals surface area contributed by atoms with E-state index in [1.165, 1.54) is 5.06 Å². The molecule has 1 saturated heterocycles. The van der Waals surface area contributed by atoms with Crippen LogP contribution >= 0.6 is 23.2 Å². The summed E-state index contributed by atoms with van der Waals surface area (Å²) in [4.78, 5) is 29.0. The molecule has 0 bridgehead atoms. The minimum absolute atomic E-state index is 0.0373. The number of urea groups is 1. The Hall–Kier alpha value is -1.93. The van der Waals surface area contributed by atoms with Crippen molar-refractivity contribution >= 4 is 47.9 Å². The van der Waals surface area contributed by atoms with Gasteiger partial charge in [-0.25, -0.2) is 9.86 Å². The van der Waals surface area contributed by atoms with Crippen molar-refractivity contribution in [1.29, 1.82) is 0 Å². The summed E-state index contributed by atoms with van der Waals surface area (Å²) in [6.45, 7) is 11.4. The topological polar surface area (TPSA) is 69.5 Å². The van der Waals surface area contributed by atoms with Crippen molar-refractivity contribution in [1.82, 2.24) is 15.3 Å². The van der Waals surface area contributed by atoms with Crippen molar-refractivity contribution in [2.24, 2.45) is 9.98 Å². The Labute approximate surface area is 194 Å². The first-order valence-corrected chi connectivity index (χ1v) is 11.1. The number of likely N-dealkylation sites (tertiary alicyclic amines) is 1. The summed E-state index contributed by atoms with van der Waals surface area (Å²) < 4.78 is 0. The average molecular weight is 468 g/mol. The highest BCUT2D eigenvalue weighted by atomic mass is 35.5. The molecule has 0 radical (unpaired) electrons. The van der Waals surface area contributed by atoms with E-state index in [-0.39, 0.29) is 18.1 Å². The largest absolute Gasteiger partial charge is 0.342 e. The minimum Gasteiger partial charge on any atom is -0.330 e. The number of carbonyl (C=O) groups excluding carboxylic acids is 1. The molecule has 0 aliphatic carbocycles. The van der Waals surface area contributed by atoms with E-state index >= 15 is 0 Å². The fourth-order valence-electron chi connectivity index (χ4n) is 3.46. The summed E-state index contributed by atoms with van der Waals surface area (Å²) in [5.74, 6) is 0. The Bertz CT molecular complexity index is 835. The summed E-state index contributed by atoms with van der Waals surface area (Å²) >= 11 is 13.1. The summed E-state index contributed by atoms with van der Waals surface area (Å²) in [6.07, 6.45) is 4.94. The molecule has 1 aromatic carbocycles. The molecule has 1 aromatic rings. The van der Waals surface area contributed by atoms with Crippen LogP contribution in [0.4, 0.5) is 4.79 Å². The number of piperidine rings is 1. The maximum atomic E-state index is 13.0. The highest BCUT2D eigenvalue weighted by molar-refractivity contribution is 6.43. The number of nitrogens with one attached hydrogen (secondary N) is 1. The third-order valence-corrected chi connectivity index (χ3v) is 6.10. The fraction of sp³-hybridized carbons (Fsp3) is 0.500. The highest BCUT2D eigenvalue weighted by Gasteiger charge is 2.29. The second-order valence-electron chi connectivity index (χ2n) is 7.36. The standard InChI is InChI=1S/C22H31Cl2N5O2/c1-6-26-14-19(25-4)18-9-8-17(20(23)21(18)24)15(3)27-22(30)29(31-7-2)16-10-12-28(5)13-11-16/h6,8-9,14-16H,4,7,10-13H2,1-3,5H3,(H,27,30)/b19-14-,26-6?. The molecule has 7 nitrogen and oxygen atoms in total. The van der Waals surface area contributed by atoms with Crippen molar-refractivity contribution < 1.29 is 9.63 Å². The molecule has 1 unspecified atom stereocenters. The first-order chi connectivity index (χ1) is 14.8. The van der Waals surface area contributed by atoms with Gasteiger partial charge in [-0.05, 0) is 66.0 Å². The molecule has 1 fully saturated rings. The van der Waals surface area contributed by atoms with Gasteiger partial charge in [0.1, 0.15) is 0 Å². The van der Waals surface area contributed by atoms with Gasteiger partial charge in [-0.1, -0.05) is 35.3 Å². The summed E-state index contributed by atoms with van der Waals surface area (Å²) in [7, 11) is 2.08. The summed E-state index contributed by atoms with van der Waals surface area (Å²) in [5, 5.41) is 5.14. The molecule has 170 valence electrons. The fourth-order valence-corrected chi connectivity index (χ4v) is 4.06. The van der Waals surface area contributed by atoms with Gasteiger partial charge in [0, 0.05) is 11.8 Å². The Morgan fingerprint density at radius 3 is 2.65 bits per heavy atom. The molecule has 1 N–H and O–H groups in total. The molecule has 1 aliphatic heterocycles. The molecule has 9 heteroatoms. The first-order valence-electron chi connectivity index (χ1n) is 10.4. The SMILES string of the molecule is C=N/C(=C\N=CC)c1ccc(C(C)NC(=O)N(OCC)C2CCN(C)CC2)c(Cl)c1Cl. The Morgan fingerprint density at radius 2 is 2.06 bits per heavy atom. The van der Waals surface area contributed by atoms with Crippen molar-refractivity contribution in [3.05, 3.63) is 39.5 Å². The van der Waals surface area contributed by atoms with Gasteiger partial charge < -0.3 is 10.2 Å². The lowest BCUT2D eigenvalue weighted by molar-refractivity contribution is -0.148. The lowest BCUT2D eigenvalue weighted by Crippen LogP contribution is -2.50. The van der Waals surface area contributed by atoms with Gasteiger partial charge in [-0.2, -0.15) is 0 Å². The number of benzene rings is 1. The number of hydrogen-bond donors (Lipinski definition) is 1. The predicted molar refractivity (Wildman–Crippen MR) is 129 cm³/mol. The maximum Gasteiger partial charge on any atom is 0.342 e. The third-order valence-electron chi connectivity index (χ3n) is 5.20. The molecule has 1 heterocycles. The zero-order valence-electron chi connectivity index (χ0n) is 18.6. The Balaban J connectivity index is 2.20. The van der Waals surface area contributed by atoms with Gasteiger partial charge in [-0.15, -0.1) is 0 Å². The molecular weight excluding hydrogens is 437 g/mol. The van der Waals surface area contributed by atoms with Gasteiger partial charge in [0.2, 0.25) is 0 Å². The van der Waals surface area contributed by atoms with Crippen molar-refractivity contribution in [3.63, 3.8) is 0 Å². The smallest absolute Gasteiger partial charge is 0.330 e. The van der Waals surface area contributed by atoms with E-state index in [4.69, 9.17) is 28.0 Å². The zero-order chi connectivity index (χ0) is 23.0. The van der Waals surface area contributed by atoms with Crippen LogP contribution in [0, 0.1) is 0 Å². The van der Waals surface area contributed by atoms with E-state index in [1.807, 2.05) is 19.9 Å². The van der Waals surface area contributed by atoms with E-state index in [0.717, 1.165) is 25.9 Å². The number of hydrogen-bond acceptors (Lipinski definition) is 5. The monoisotopic (exact) mass is 467 g/mol. The van der Waals surface area contributed by atoms with Crippen LogP contribution in [0.25, 0.3) is 5.70 Å². The maximum absolute atomic E-state index is 13.0. The van der Waals surface area contributed by atoms with Gasteiger partial charge in [0.15, 0.2) is 0 Å². The van der Waals surface area contributed by atoms with Gasteiger partial charge in [0.05, 0.1) is 40.6 Å². The van der Waals surface area contributed by atoms with Crippen molar-refractivity contribution in [2.75, 3.05) is 26.7 Å². The van der Waals surface area contributed by atoms with Gasteiger partial charge >= 0.3 is 6.03 Å². The molecule has 2 rings (SSSR count). The van der Waals surface area contributed by atoms with E-state index in [2.05, 4.69) is 34.0 Å². The van der Waals surface area contributed by atoms with Crippen molar-refractivity contribution in [2.45, 2.75) is 45.7 Å². The lowest BCUT2D eigenvalue weighted by Gasteiger charge is -2.36. The molecule has 1 aliphatic rings. The van der Waals surface area contributed by atoms with Crippen LogP contribution in [-0.2, 0) is 4.84 Å². The van der Waals surface area contributed by atoms with E-state index < -0.39 is 0 Å². The number of aliphatic imine (C=N–C) groups is 2. The molecular formula is C22H31Cl2N5O2.